The Kier molecular flexibility index (Phi) is 4.33. The van der Waals surface area contributed by atoms with Gasteiger partial charge < -0.3 is 0 Å². The van der Waals surface area contributed by atoms with Crippen LogP contribution in [0.4, 0.5) is 13.2 Å². The quantitative estimate of drug-likeness (QED) is 0.368. The fourth-order valence-corrected chi connectivity index (χ4v) is 5.39. The minimum absolute atomic E-state index is 0.163. The molecule has 1 aliphatic heterocycles. The molecule has 1 aliphatic carbocycles. The van der Waals surface area contributed by atoms with Gasteiger partial charge in [0.15, 0.2) is 11.6 Å². The lowest BCUT2D eigenvalue weighted by atomic mass is 9.78. The summed E-state index contributed by atoms with van der Waals surface area (Å²) in [6.45, 7) is 0. The van der Waals surface area contributed by atoms with Crippen molar-refractivity contribution in [3.8, 4) is 22.4 Å². The lowest BCUT2D eigenvalue weighted by Gasteiger charge is -2.32. The van der Waals surface area contributed by atoms with Gasteiger partial charge in [-0.15, -0.1) is 0 Å². The van der Waals surface area contributed by atoms with E-state index in [1.807, 2.05) is 6.07 Å². The highest BCUT2D eigenvalue weighted by Crippen LogP contribution is 2.51. The van der Waals surface area contributed by atoms with Gasteiger partial charge in [0.2, 0.25) is 0 Å². The molecule has 0 fully saturated rings. The highest BCUT2D eigenvalue weighted by Gasteiger charge is 2.52. The number of carbonyl (C=O) groups excluding carboxylic acids is 2. The van der Waals surface area contributed by atoms with E-state index in [-0.39, 0.29) is 17.6 Å². The first-order valence-corrected chi connectivity index (χ1v) is 10.9. The first-order chi connectivity index (χ1) is 16.7. The Bertz CT molecular complexity index is 1670. The average molecular weight is 471 g/mol. The molecule has 4 nitrogen and oxygen atoms in total. The second-order valence-electron chi connectivity index (χ2n) is 8.73. The van der Waals surface area contributed by atoms with Gasteiger partial charge in [0, 0.05) is 22.9 Å². The third-order valence-electron chi connectivity index (χ3n) is 6.84. The summed E-state index contributed by atoms with van der Waals surface area (Å²) in [5.41, 5.74) is -0.636. The highest BCUT2D eigenvalue weighted by atomic mass is 19.4. The second kappa shape index (κ2) is 7.12. The Balaban J connectivity index is 1.86. The van der Waals surface area contributed by atoms with E-state index in [0.717, 1.165) is 18.2 Å². The number of benzene rings is 3. The van der Waals surface area contributed by atoms with Gasteiger partial charge in [0.1, 0.15) is 5.54 Å². The van der Waals surface area contributed by atoms with Crippen LogP contribution in [0.15, 0.2) is 89.7 Å². The predicted octanol–water partition coefficient (Wildman–Crippen LogP) is 5.51. The third kappa shape index (κ3) is 2.84. The van der Waals surface area contributed by atoms with Crippen molar-refractivity contribution in [2.24, 2.45) is 0 Å². The van der Waals surface area contributed by atoms with Crippen LogP contribution in [-0.4, -0.2) is 16.1 Å². The summed E-state index contributed by atoms with van der Waals surface area (Å²) in [6, 6.07) is 19.1. The number of hydrogen-bond acceptors (Lipinski definition) is 3. The number of nitrogens with zero attached hydrogens (tertiary/aromatic N) is 1. The molecule has 6 rings (SSSR count). The van der Waals surface area contributed by atoms with Crippen molar-refractivity contribution in [2.45, 2.75) is 18.1 Å². The number of halogens is 3. The summed E-state index contributed by atoms with van der Waals surface area (Å²) in [5, 5.41) is 0.182. The molecule has 0 saturated heterocycles. The van der Waals surface area contributed by atoms with Crippen molar-refractivity contribution >= 4 is 22.3 Å². The van der Waals surface area contributed by atoms with Crippen LogP contribution < -0.4 is 5.56 Å². The molecule has 0 amide bonds. The molecule has 3 aromatic carbocycles. The molecule has 2 aliphatic rings. The third-order valence-corrected chi connectivity index (χ3v) is 6.84. The van der Waals surface area contributed by atoms with Crippen molar-refractivity contribution in [3.63, 3.8) is 0 Å². The largest absolute Gasteiger partial charge is 0.416 e. The molecular weight excluding hydrogens is 455 g/mol. The van der Waals surface area contributed by atoms with Crippen LogP contribution in [0.25, 0.3) is 33.2 Å². The van der Waals surface area contributed by atoms with Gasteiger partial charge in [-0.1, -0.05) is 60.7 Å². The smallest absolute Gasteiger partial charge is 0.295 e. The van der Waals surface area contributed by atoms with Crippen molar-refractivity contribution in [2.75, 3.05) is 0 Å². The Morgan fingerprint density at radius 3 is 2.26 bits per heavy atom. The molecular formula is C28H16F3NO3. The highest BCUT2D eigenvalue weighted by molar-refractivity contribution is 6.14. The first-order valence-electron chi connectivity index (χ1n) is 10.9. The van der Waals surface area contributed by atoms with E-state index in [0.29, 0.717) is 33.3 Å². The Morgan fingerprint density at radius 1 is 0.800 bits per heavy atom. The van der Waals surface area contributed by atoms with E-state index in [1.165, 1.54) is 16.7 Å². The monoisotopic (exact) mass is 471 g/mol. The first kappa shape index (κ1) is 21.3. The summed E-state index contributed by atoms with van der Waals surface area (Å²) >= 11 is 0. The SMILES string of the molecule is O=C1C=CC(=O)C2(C1)c1ccccc1-c1c(-c3ccccc3)c3ccc(C(F)(F)F)cc3c(=O)n12. The van der Waals surface area contributed by atoms with Crippen molar-refractivity contribution in [1.82, 2.24) is 4.57 Å². The molecule has 172 valence electrons. The lowest BCUT2D eigenvalue weighted by Crippen LogP contribution is -2.48. The number of alkyl halides is 3. The maximum absolute atomic E-state index is 14.0. The minimum atomic E-state index is -4.66. The lowest BCUT2D eigenvalue weighted by molar-refractivity contribution is -0.137. The molecule has 1 aromatic heterocycles. The number of pyridine rings is 1. The Labute approximate surface area is 196 Å². The molecule has 0 bridgehead atoms. The van der Waals surface area contributed by atoms with Crippen molar-refractivity contribution in [1.29, 1.82) is 0 Å². The van der Waals surface area contributed by atoms with Crippen LogP contribution in [0.2, 0.25) is 0 Å². The number of hydrogen-bond donors (Lipinski definition) is 0. The van der Waals surface area contributed by atoms with Crippen LogP contribution in [0.1, 0.15) is 17.5 Å². The van der Waals surface area contributed by atoms with E-state index < -0.39 is 28.6 Å². The van der Waals surface area contributed by atoms with Crippen LogP contribution in [0, 0.1) is 0 Å². The van der Waals surface area contributed by atoms with Gasteiger partial charge in [-0.25, -0.2) is 0 Å². The van der Waals surface area contributed by atoms with E-state index in [2.05, 4.69) is 0 Å². The van der Waals surface area contributed by atoms with E-state index in [9.17, 15) is 27.6 Å². The Morgan fingerprint density at radius 2 is 1.51 bits per heavy atom. The normalized spacial score (nSPS) is 18.8. The zero-order chi connectivity index (χ0) is 24.5. The van der Waals surface area contributed by atoms with Crippen LogP contribution in [0.5, 0.6) is 0 Å². The van der Waals surface area contributed by atoms with Crippen LogP contribution in [0.3, 0.4) is 0 Å². The summed E-state index contributed by atoms with van der Waals surface area (Å²) in [5.74, 6) is -0.805. The fraction of sp³-hybridized carbons (Fsp3) is 0.107. The molecule has 7 heteroatoms. The van der Waals surface area contributed by atoms with Crippen LogP contribution in [-0.2, 0) is 21.3 Å². The Hall–Kier alpha value is -4.26. The average Bonchev–Trinajstić information content (AvgIpc) is 3.13. The van der Waals surface area contributed by atoms with Gasteiger partial charge >= 0.3 is 6.18 Å². The molecule has 0 N–H and O–H groups in total. The van der Waals surface area contributed by atoms with Crippen LogP contribution >= 0.6 is 0 Å². The zero-order valence-electron chi connectivity index (χ0n) is 18.1. The number of carbonyl (C=O) groups is 2. The molecule has 0 radical (unpaired) electrons. The molecule has 0 saturated carbocycles. The molecule has 1 unspecified atom stereocenters. The van der Waals surface area contributed by atoms with Gasteiger partial charge in [-0.2, -0.15) is 13.2 Å². The number of allylic oxidation sites excluding steroid dienone is 2. The fourth-order valence-electron chi connectivity index (χ4n) is 5.39. The summed E-state index contributed by atoms with van der Waals surface area (Å²) in [7, 11) is 0. The predicted molar refractivity (Wildman–Crippen MR) is 125 cm³/mol. The standard InChI is InChI=1S/C28H16F3NO3/c29-28(30,31)17-10-12-19-21(14-17)26(35)32-25(24(19)16-6-2-1-3-7-16)20-8-4-5-9-22(20)27(32)15-18(33)11-13-23(27)34/h1-14H,15H2. The topological polar surface area (TPSA) is 56.1 Å². The van der Waals surface area contributed by atoms with E-state index >= 15 is 0 Å². The second-order valence-corrected chi connectivity index (χ2v) is 8.73. The van der Waals surface area contributed by atoms with E-state index in [1.54, 1.807) is 48.5 Å². The maximum atomic E-state index is 14.0. The van der Waals surface area contributed by atoms with Crippen molar-refractivity contribution < 1.29 is 22.8 Å². The summed E-state index contributed by atoms with van der Waals surface area (Å²) in [4.78, 5) is 40.1. The minimum Gasteiger partial charge on any atom is -0.295 e. The molecule has 35 heavy (non-hydrogen) atoms. The maximum Gasteiger partial charge on any atom is 0.416 e. The number of rotatable bonds is 1. The molecule has 1 spiro atoms. The summed E-state index contributed by atoms with van der Waals surface area (Å²) in [6.07, 6.45) is -2.61. The van der Waals surface area contributed by atoms with Gasteiger partial charge in [0.05, 0.1) is 11.3 Å². The van der Waals surface area contributed by atoms with Crippen molar-refractivity contribution in [3.05, 3.63) is 106 Å². The van der Waals surface area contributed by atoms with Gasteiger partial charge in [-0.3, -0.25) is 19.0 Å². The molecule has 2 heterocycles. The van der Waals surface area contributed by atoms with Gasteiger partial charge in [0.25, 0.3) is 5.56 Å². The zero-order valence-corrected chi connectivity index (χ0v) is 18.1. The van der Waals surface area contributed by atoms with Gasteiger partial charge in [-0.05, 0) is 40.8 Å². The van der Waals surface area contributed by atoms with E-state index in [4.69, 9.17) is 0 Å². The number of fused-ring (bicyclic) bond motifs is 6. The molecule has 1 atom stereocenters. The number of ketones is 2. The summed E-state index contributed by atoms with van der Waals surface area (Å²) < 4.78 is 42.1. The number of aromatic nitrogens is 1. The molecule has 4 aromatic rings.